The Morgan fingerprint density at radius 1 is 1.48 bits per heavy atom. The van der Waals surface area contributed by atoms with Gasteiger partial charge < -0.3 is 14.2 Å². The first-order valence-electron chi connectivity index (χ1n) is 6.47. The van der Waals surface area contributed by atoms with Crippen LogP contribution in [0.2, 0.25) is 0 Å². The molecule has 114 valence electrons. The van der Waals surface area contributed by atoms with E-state index in [1.807, 2.05) is 4.57 Å². The zero-order chi connectivity index (χ0) is 15.6. The van der Waals surface area contributed by atoms with Gasteiger partial charge in [0.25, 0.3) is 0 Å². The predicted octanol–water partition coefficient (Wildman–Crippen LogP) is 2.10. The van der Waals surface area contributed by atoms with Gasteiger partial charge in [-0.05, 0) is 6.92 Å². The van der Waals surface area contributed by atoms with Crippen LogP contribution in [0.1, 0.15) is 38.2 Å². The van der Waals surface area contributed by atoms with E-state index < -0.39 is 5.97 Å². The van der Waals surface area contributed by atoms with E-state index >= 15 is 0 Å². The number of carboxylic acids is 1. The zero-order valence-corrected chi connectivity index (χ0v) is 13.3. The zero-order valence-electron chi connectivity index (χ0n) is 12.5. The molecule has 0 aromatic carbocycles. The summed E-state index contributed by atoms with van der Waals surface area (Å²) >= 11 is 1.18. The fraction of sp³-hybridized carbons (Fsp3) is 0.538. The molecule has 0 saturated heterocycles. The molecule has 2 rings (SSSR count). The summed E-state index contributed by atoms with van der Waals surface area (Å²) in [7, 11) is 0. The molecule has 8 heteroatoms. The first kappa shape index (κ1) is 15.6. The number of aromatic nitrogens is 4. The quantitative estimate of drug-likeness (QED) is 0.845. The van der Waals surface area contributed by atoms with E-state index in [0.29, 0.717) is 23.4 Å². The summed E-state index contributed by atoms with van der Waals surface area (Å²) in [5.41, 5.74) is 0.871. The van der Waals surface area contributed by atoms with E-state index in [4.69, 9.17) is 9.63 Å². The molecule has 0 bridgehead atoms. The van der Waals surface area contributed by atoms with Crippen molar-refractivity contribution in [3.8, 4) is 0 Å². The van der Waals surface area contributed by atoms with Crippen molar-refractivity contribution in [2.24, 2.45) is 0 Å². The lowest BCUT2D eigenvalue weighted by molar-refractivity contribution is -0.133. The molecule has 7 nitrogen and oxygen atoms in total. The van der Waals surface area contributed by atoms with E-state index in [-0.39, 0.29) is 11.2 Å². The number of carbonyl (C=O) groups is 1. The van der Waals surface area contributed by atoms with Crippen LogP contribution in [-0.2, 0) is 16.8 Å². The first-order valence-corrected chi connectivity index (χ1v) is 7.45. The van der Waals surface area contributed by atoms with Gasteiger partial charge in [0.1, 0.15) is 6.54 Å². The van der Waals surface area contributed by atoms with Gasteiger partial charge >= 0.3 is 5.97 Å². The van der Waals surface area contributed by atoms with Gasteiger partial charge in [-0.25, -0.2) is 4.98 Å². The van der Waals surface area contributed by atoms with E-state index in [1.165, 1.54) is 11.8 Å². The molecule has 2 aromatic rings. The molecule has 0 radical (unpaired) electrons. The van der Waals surface area contributed by atoms with Crippen LogP contribution in [0.5, 0.6) is 0 Å². The van der Waals surface area contributed by atoms with Crippen molar-refractivity contribution in [1.29, 1.82) is 0 Å². The average Bonchev–Trinajstić information content (AvgIpc) is 2.93. The molecule has 0 aliphatic heterocycles. The number of carboxylic acid groups (broad SMARTS) is 1. The van der Waals surface area contributed by atoms with Gasteiger partial charge in [-0.1, -0.05) is 37.7 Å². The van der Waals surface area contributed by atoms with Gasteiger partial charge in [0, 0.05) is 17.3 Å². The summed E-state index contributed by atoms with van der Waals surface area (Å²) in [6.07, 6.45) is 1.77. The third-order valence-electron chi connectivity index (χ3n) is 2.78. The second-order valence-corrected chi connectivity index (χ2v) is 6.62. The van der Waals surface area contributed by atoms with Gasteiger partial charge in [-0.15, -0.1) is 0 Å². The van der Waals surface area contributed by atoms with E-state index in [0.717, 1.165) is 5.69 Å². The average molecular weight is 310 g/mol. The van der Waals surface area contributed by atoms with Crippen LogP contribution < -0.4 is 0 Å². The highest BCUT2D eigenvalue weighted by Gasteiger charge is 2.23. The maximum Gasteiger partial charge on any atom is 0.313 e. The normalized spacial score (nSPS) is 11.8. The van der Waals surface area contributed by atoms with Crippen molar-refractivity contribution in [2.75, 3.05) is 5.75 Å². The van der Waals surface area contributed by atoms with Crippen LogP contribution >= 0.6 is 11.8 Å². The Balaban J connectivity index is 2.33. The van der Waals surface area contributed by atoms with Crippen molar-refractivity contribution in [2.45, 2.75) is 44.8 Å². The van der Waals surface area contributed by atoms with Crippen molar-refractivity contribution in [3.63, 3.8) is 0 Å². The molecule has 0 atom stereocenters. The number of hydrogen-bond acceptors (Lipinski definition) is 6. The molecular weight excluding hydrogens is 292 g/mol. The summed E-state index contributed by atoms with van der Waals surface area (Å²) in [5, 5.41) is 13.2. The van der Waals surface area contributed by atoms with Gasteiger partial charge in [0.05, 0.1) is 5.75 Å². The summed E-state index contributed by atoms with van der Waals surface area (Å²) in [6.45, 7) is 8.36. The Morgan fingerprint density at radius 2 is 2.19 bits per heavy atom. The lowest BCUT2D eigenvalue weighted by atomic mass is 9.92. The standard InChI is InChI=1S/C13H18N4O3S/c1-8-15-10(20-16-8)6-17-9(13(2,3)4)5-14-12(17)21-7-11(18)19/h5H,6-7H2,1-4H3,(H,18,19). The summed E-state index contributed by atoms with van der Waals surface area (Å²) in [6, 6.07) is 0. The molecular formula is C13H18N4O3S. The highest BCUT2D eigenvalue weighted by atomic mass is 32.2. The summed E-state index contributed by atoms with van der Waals surface area (Å²) < 4.78 is 7.08. The van der Waals surface area contributed by atoms with Crippen LogP contribution in [0.15, 0.2) is 15.9 Å². The monoisotopic (exact) mass is 310 g/mol. The second-order valence-electron chi connectivity index (χ2n) is 5.68. The minimum absolute atomic E-state index is 0.0382. The van der Waals surface area contributed by atoms with Crippen molar-refractivity contribution in [3.05, 3.63) is 23.6 Å². The predicted molar refractivity (Wildman–Crippen MR) is 77.4 cm³/mol. The number of nitrogens with zero attached hydrogens (tertiary/aromatic N) is 4. The highest BCUT2D eigenvalue weighted by Crippen LogP contribution is 2.28. The third kappa shape index (κ3) is 3.84. The molecule has 2 heterocycles. The second kappa shape index (κ2) is 5.88. The van der Waals surface area contributed by atoms with Crippen molar-refractivity contribution in [1.82, 2.24) is 19.7 Å². The fourth-order valence-electron chi connectivity index (χ4n) is 1.89. The van der Waals surface area contributed by atoms with E-state index in [2.05, 4.69) is 35.9 Å². The topological polar surface area (TPSA) is 94.0 Å². The van der Waals surface area contributed by atoms with Crippen molar-refractivity contribution < 1.29 is 14.4 Å². The smallest absolute Gasteiger partial charge is 0.313 e. The molecule has 0 aliphatic rings. The Kier molecular flexibility index (Phi) is 4.36. The van der Waals surface area contributed by atoms with Crippen molar-refractivity contribution >= 4 is 17.7 Å². The number of rotatable bonds is 5. The molecule has 21 heavy (non-hydrogen) atoms. The number of hydrogen-bond donors (Lipinski definition) is 1. The van der Waals surface area contributed by atoms with E-state index in [9.17, 15) is 4.79 Å². The first-order chi connectivity index (χ1) is 9.77. The van der Waals surface area contributed by atoms with E-state index in [1.54, 1.807) is 13.1 Å². The summed E-state index contributed by atoms with van der Waals surface area (Å²) in [5.74, 6) is 0.138. The molecule has 0 amide bonds. The Hall–Kier alpha value is -1.83. The lowest BCUT2D eigenvalue weighted by Gasteiger charge is -2.20. The van der Waals surface area contributed by atoms with Crippen LogP contribution in [0.3, 0.4) is 0 Å². The van der Waals surface area contributed by atoms with Crippen LogP contribution in [0.25, 0.3) is 0 Å². The number of imidazole rings is 1. The Labute approximate surface area is 126 Å². The van der Waals surface area contributed by atoms with Crippen LogP contribution in [0.4, 0.5) is 0 Å². The SMILES string of the molecule is Cc1noc(Cn2c(C(C)(C)C)cnc2SCC(=O)O)n1. The summed E-state index contributed by atoms with van der Waals surface area (Å²) in [4.78, 5) is 19.3. The molecule has 2 aromatic heterocycles. The molecule has 1 N–H and O–H groups in total. The van der Waals surface area contributed by atoms with Gasteiger partial charge in [-0.3, -0.25) is 4.79 Å². The number of aryl methyl sites for hydroxylation is 1. The lowest BCUT2D eigenvalue weighted by Crippen LogP contribution is -2.19. The largest absolute Gasteiger partial charge is 0.481 e. The minimum atomic E-state index is -0.875. The van der Waals surface area contributed by atoms with Gasteiger partial charge in [0.15, 0.2) is 11.0 Å². The maximum absolute atomic E-state index is 10.8. The fourth-order valence-corrected chi connectivity index (χ4v) is 2.59. The maximum atomic E-state index is 10.8. The minimum Gasteiger partial charge on any atom is -0.481 e. The Morgan fingerprint density at radius 3 is 2.71 bits per heavy atom. The number of aliphatic carboxylic acids is 1. The number of thioether (sulfide) groups is 1. The highest BCUT2D eigenvalue weighted by molar-refractivity contribution is 7.99. The van der Waals surface area contributed by atoms with Gasteiger partial charge in [0.2, 0.25) is 5.89 Å². The van der Waals surface area contributed by atoms with Gasteiger partial charge in [-0.2, -0.15) is 4.98 Å². The third-order valence-corrected chi connectivity index (χ3v) is 3.75. The van der Waals surface area contributed by atoms with Crippen LogP contribution in [0, 0.1) is 6.92 Å². The molecule has 0 unspecified atom stereocenters. The molecule has 0 fully saturated rings. The molecule has 0 spiro atoms. The molecule has 0 aliphatic carbocycles. The Bertz CT molecular complexity index is 642. The molecule has 0 saturated carbocycles. The van der Waals surface area contributed by atoms with Crippen LogP contribution in [-0.4, -0.2) is 36.5 Å².